The average molecular weight is 256 g/mol. The first-order valence-corrected chi connectivity index (χ1v) is 6.68. The number of nitrogens with one attached hydrogen (secondary N) is 1. The minimum absolute atomic E-state index is 0.0413. The molecule has 3 heteroatoms. The van der Waals surface area contributed by atoms with Crippen LogP contribution in [0.15, 0.2) is 30.3 Å². The van der Waals surface area contributed by atoms with Gasteiger partial charge in [0.2, 0.25) is 5.91 Å². The van der Waals surface area contributed by atoms with Crippen LogP contribution in [0.3, 0.4) is 0 Å². The molecule has 0 aliphatic rings. The lowest BCUT2D eigenvalue weighted by Crippen LogP contribution is -2.29. The van der Waals surface area contributed by atoms with Gasteiger partial charge in [0.15, 0.2) is 0 Å². The van der Waals surface area contributed by atoms with Crippen LogP contribution in [0.5, 0.6) is 0 Å². The number of rotatable bonds is 4. The summed E-state index contributed by atoms with van der Waals surface area (Å²) in [6.07, 6.45) is 0.351. The molecule has 0 aliphatic heterocycles. The highest BCUT2D eigenvalue weighted by molar-refractivity contribution is 5.82. The third-order valence-electron chi connectivity index (χ3n) is 3.05. The van der Waals surface area contributed by atoms with Crippen LogP contribution >= 0.6 is 0 Å². The van der Waals surface area contributed by atoms with E-state index in [4.69, 9.17) is 0 Å². The minimum atomic E-state index is 0.0413. The maximum atomic E-state index is 11.9. The molecular formula is C16H20N2O. The fraction of sp³-hybridized carbons (Fsp3) is 0.375. The predicted molar refractivity (Wildman–Crippen MR) is 78.0 cm³/mol. The molecule has 0 saturated heterocycles. The predicted octanol–water partition coefficient (Wildman–Crippen LogP) is 2.86. The number of aromatic nitrogens is 1. The van der Waals surface area contributed by atoms with Gasteiger partial charge in [0, 0.05) is 11.9 Å². The Morgan fingerprint density at radius 1 is 1.32 bits per heavy atom. The highest BCUT2D eigenvalue weighted by Crippen LogP contribution is 2.16. The highest BCUT2D eigenvalue weighted by atomic mass is 16.1. The minimum Gasteiger partial charge on any atom is -0.356 e. The maximum absolute atomic E-state index is 11.9. The Labute approximate surface area is 114 Å². The summed E-state index contributed by atoms with van der Waals surface area (Å²) in [4.78, 5) is 16.4. The van der Waals surface area contributed by atoms with Gasteiger partial charge in [-0.05, 0) is 30.5 Å². The van der Waals surface area contributed by atoms with E-state index in [1.807, 2.05) is 31.2 Å². The molecule has 1 N–H and O–H groups in total. The molecule has 0 fully saturated rings. The Morgan fingerprint density at radius 2 is 2.05 bits per heavy atom. The monoisotopic (exact) mass is 256 g/mol. The zero-order valence-electron chi connectivity index (χ0n) is 11.7. The molecule has 0 radical (unpaired) electrons. The van der Waals surface area contributed by atoms with Crippen LogP contribution in [0.4, 0.5) is 0 Å². The molecule has 100 valence electrons. The van der Waals surface area contributed by atoms with Crippen molar-refractivity contribution >= 4 is 16.8 Å². The summed E-state index contributed by atoms with van der Waals surface area (Å²) in [5.74, 6) is 0.509. The number of amides is 1. The molecule has 1 heterocycles. The van der Waals surface area contributed by atoms with Crippen LogP contribution in [0.2, 0.25) is 0 Å². The summed E-state index contributed by atoms with van der Waals surface area (Å²) in [6.45, 7) is 6.88. The van der Waals surface area contributed by atoms with Crippen LogP contribution in [0.1, 0.15) is 25.1 Å². The quantitative estimate of drug-likeness (QED) is 0.914. The number of aryl methyl sites for hydroxylation is 1. The number of fused-ring (bicyclic) bond motifs is 1. The molecule has 0 spiro atoms. The van der Waals surface area contributed by atoms with Gasteiger partial charge in [0.05, 0.1) is 17.6 Å². The number of pyridine rings is 1. The van der Waals surface area contributed by atoms with Crippen molar-refractivity contribution in [2.75, 3.05) is 6.54 Å². The number of carbonyl (C=O) groups excluding carboxylic acids is 1. The largest absolute Gasteiger partial charge is 0.356 e. The van der Waals surface area contributed by atoms with E-state index in [0.717, 1.165) is 22.2 Å². The van der Waals surface area contributed by atoms with Crippen LogP contribution in [-0.2, 0) is 11.2 Å². The van der Waals surface area contributed by atoms with Gasteiger partial charge in [-0.25, -0.2) is 0 Å². The summed E-state index contributed by atoms with van der Waals surface area (Å²) < 4.78 is 0. The second kappa shape index (κ2) is 5.83. The fourth-order valence-electron chi connectivity index (χ4n) is 1.97. The molecule has 0 aliphatic carbocycles. The lowest BCUT2D eigenvalue weighted by Gasteiger charge is -2.09. The molecule has 19 heavy (non-hydrogen) atoms. The van der Waals surface area contributed by atoms with E-state index in [2.05, 4.69) is 30.2 Å². The van der Waals surface area contributed by atoms with Crippen molar-refractivity contribution in [3.63, 3.8) is 0 Å². The van der Waals surface area contributed by atoms with E-state index in [1.54, 1.807) is 0 Å². The maximum Gasteiger partial charge on any atom is 0.226 e. The number of hydrogen-bond acceptors (Lipinski definition) is 2. The average Bonchev–Trinajstić information content (AvgIpc) is 2.37. The van der Waals surface area contributed by atoms with E-state index < -0.39 is 0 Å². The van der Waals surface area contributed by atoms with Gasteiger partial charge in [0.1, 0.15) is 0 Å². The summed E-state index contributed by atoms with van der Waals surface area (Å²) in [6, 6.07) is 10.1. The summed E-state index contributed by atoms with van der Waals surface area (Å²) in [7, 11) is 0. The fourth-order valence-corrected chi connectivity index (χ4v) is 1.97. The van der Waals surface area contributed by atoms with Crippen molar-refractivity contribution in [1.29, 1.82) is 0 Å². The Morgan fingerprint density at radius 3 is 2.79 bits per heavy atom. The molecule has 0 atom stereocenters. The lowest BCUT2D eigenvalue weighted by atomic mass is 10.1. The molecule has 0 saturated carbocycles. The normalized spacial score (nSPS) is 10.9. The van der Waals surface area contributed by atoms with Crippen molar-refractivity contribution in [2.45, 2.75) is 27.2 Å². The molecule has 0 bridgehead atoms. The molecule has 1 aromatic carbocycles. The molecule has 2 aromatic rings. The number of para-hydroxylation sites is 1. The Bertz CT molecular complexity index is 590. The van der Waals surface area contributed by atoms with E-state index in [0.29, 0.717) is 18.9 Å². The third-order valence-corrected chi connectivity index (χ3v) is 3.05. The third kappa shape index (κ3) is 3.53. The highest BCUT2D eigenvalue weighted by Gasteiger charge is 2.09. The van der Waals surface area contributed by atoms with E-state index >= 15 is 0 Å². The number of nitrogens with zero attached hydrogens (tertiary/aromatic N) is 1. The van der Waals surface area contributed by atoms with E-state index in [1.165, 1.54) is 0 Å². The first kappa shape index (κ1) is 13.5. The van der Waals surface area contributed by atoms with Gasteiger partial charge in [-0.15, -0.1) is 0 Å². The molecule has 3 nitrogen and oxygen atoms in total. The molecular weight excluding hydrogens is 236 g/mol. The number of benzene rings is 1. The Balaban J connectivity index is 2.16. The summed E-state index contributed by atoms with van der Waals surface area (Å²) in [5.41, 5.74) is 2.87. The first-order valence-electron chi connectivity index (χ1n) is 6.68. The number of hydrogen-bond donors (Lipinski definition) is 1. The van der Waals surface area contributed by atoms with Gasteiger partial charge in [-0.2, -0.15) is 0 Å². The van der Waals surface area contributed by atoms with Crippen molar-refractivity contribution < 1.29 is 4.79 Å². The van der Waals surface area contributed by atoms with E-state index in [-0.39, 0.29) is 5.91 Å². The number of carbonyl (C=O) groups is 1. The van der Waals surface area contributed by atoms with Crippen molar-refractivity contribution in [2.24, 2.45) is 5.92 Å². The molecule has 0 unspecified atom stereocenters. The Hall–Kier alpha value is -1.90. The van der Waals surface area contributed by atoms with E-state index in [9.17, 15) is 4.79 Å². The topological polar surface area (TPSA) is 42.0 Å². The van der Waals surface area contributed by atoms with Crippen LogP contribution in [0, 0.1) is 12.8 Å². The van der Waals surface area contributed by atoms with Crippen molar-refractivity contribution in [3.05, 3.63) is 41.6 Å². The second-order valence-corrected chi connectivity index (χ2v) is 5.32. The van der Waals surface area contributed by atoms with Gasteiger partial charge < -0.3 is 5.32 Å². The zero-order valence-corrected chi connectivity index (χ0v) is 11.7. The van der Waals surface area contributed by atoms with Crippen LogP contribution in [-0.4, -0.2) is 17.4 Å². The van der Waals surface area contributed by atoms with Gasteiger partial charge in [-0.3, -0.25) is 9.78 Å². The van der Waals surface area contributed by atoms with Crippen molar-refractivity contribution in [1.82, 2.24) is 10.3 Å². The summed E-state index contributed by atoms with van der Waals surface area (Å²) >= 11 is 0. The standard InChI is InChI=1S/C16H20N2O/c1-11(2)10-17-16(19)9-15-12(3)8-13-6-4-5-7-14(13)18-15/h4-8,11H,9-10H2,1-3H3,(H,17,19). The lowest BCUT2D eigenvalue weighted by molar-refractivity contribution is -0.120. The SMILES string of the molecule is Cc1cc2ccccc2nc1CC(=O)NCC(C)C. The van der Waals surface area contributed by atoms with Gasteiger partial charge >= 0.3 is 0 Å². The molecule has 1 amide bonds. The molecule has 1 aromatic heterocycles. The smallest absolute Gasteiger partial charge is 0.226 e. The van der Waals surface area contributed by atoms with Gasteiger partial charge in [0.25, 0.3) is 0 Å². The summed E-state index contributed by atoms with van der Waals surface area (Å²) in [5, 5.41) is 4.04. The zero-order chi connectivity index (χ0) is 13.8. The Kier molecular flexibility index (Phi) is 4.15. The first-order chi connectivity index (χ1) is 9.06. The van der Waals surface area contributed by atoms with Gasteiger partial charge in [-0.1, -0.05) is 32.0 Å². The van der Waals surface area contributed by atoms with Crippen LogP contribution < -0.4 is 5.32 Å². The molecule has 2 rings (SSSR count). The van der Waals surface area contributed by atoms with Crippen LogP contribution in [0.25, 0.3) is 10.9 Å². The second-order valence-electron chi connectivity index (χ2n) is 5.32. The van der Waals surface area contributed by atoms with Crippen molar-refractivity contribution in [3.8, 4) is 0 Å².